The summed E-state index contributed by atoms with van der Waals surface area (Å²) < 4.78 is 9.63. The predicted octanol–water partition coefficient (Wildman–Crippen LogP) is 8.60. The van der Waals surface area contributed by atoms with Crippen LogP contribution in [-0.2, 0) is 23.7 Å². The fourth-order valence-electron chi connectivity index (χ4n) is 6.01. The molecule has 3 heterocycles. The third kappa shape index (κ3) is 2.62. The smallest absolute Gasteiger partial charge is 0.114 e. The molecule has 32 heavy (non-hydrogen) atoms. The van der Waals surface area contributed by atoms with Gasteiger partial charge in [-0.15, -0.1) is 22.7 Å². The van der Waals surface area contributed by atoms with E-state index in [1.165, 1.54) is 75.8 Å². The molecule has 2 aliphatic carbocycles. The number of hydrogen-bond acceptors (Lipinski definition) is 5. The quantitative estimate of drug-likeness (QED) is 0.287. The maximum Gasteiger partial charge on any atom is 0.114 e. The molecule has 0 spiro atoms. The largest absolute Gasteiger partial charge is 0.172 e. The van der Waals surface area contributed by atoms with Crippen LogP contribution >= 0.6 is 34.4 Å². The standard InChI is InChI=1S/C27H30N2S3/c1-7-11-27(6)13-19-15(4)23(31-25(19)27)17-10-9-16(20-21(17)29-32-28-20)22-14(3)18-12-26(5,8-2)24(18)30-22/h9-10H,7-8,11-13H2,1-6H3. The molecule has 1 aromatic carbocycles. The second-order valence-electron chi connectivity index (χ2n) is 10.4. The van der Waals surface area contributed by atoms with Crippen LogP contribution in [0.4, 0.5) is 0 Å². The molecule has 2 unspecified atom stereocenters. The summed E-state index contributed by atoms with van der Waals surface area (Å²) in [4.78, 5) is 6.02. The second-order valence-corrected chi connectivity index (χ2v) is 13.0. The zero-order valence-electron chi connectivity index (χ0n) is 19.8. The zero-order chi connectivity index (χ0) is 22.4. The van der Waals surface area contributed by atoms with Gasteiger partial charge in [-0.1, -0.05) is 46.2 Å². The first-order valence-corrected chi connectivity index (χ1v) is 14.2. The lowest BCUT2D eigenvalue weighted by Gasteiger charge is -2.38. The molecule has 3 aromatic heterocycles. The molecule has 0 aliphatic heterocycles. The Hall–Kier alpha value is -1.56. The highest BCUT2D eigenvalue weighted by Gasteiger charge is 2.43. The van der Waals surface area contributed by atoms with E-state index >= 15 is 0 Å². The fourth-order valence-corrected chi connectivity index (χ4v) is 9.67. The van der Waals surface area contributed by atoms with Crippen molar-refractivity contribution in [2.45, 2.75) is 84.5 Å². The van der Waals surface area contributed by atoms with Crippen molar-refractivity contribution in [2.24, 2.45) is 0 Å². The Morgan fingerprint density at radius 1 is 0.812 bits per heavy atom. The van der Waals surface area contributed by atoms with Crippen LogP contribution in [0.25, 0.3) is 31.9 Å². The highest BCUT2D eigenvalue weighted by Crippen LogP contribution is 2.56. The zero-order valence-corrected chi connectivity index (χ0v) is 22.3. The molecule has 6 rings (SSSR count). The van der Waals surface area contributed by atoms with Crippen molar-refractivity contribution in [3.63, 3.8) is 0 Å². The number of thiophene rings is 2. The van der Waals surface area contributed by atoms with Gasteiger partial charge in [0.25, 0.3) is 0 Å². The van der Waals surface area contributed by atoms with Crippen LogP contribution in [0.15, 0.2) is 12.1 Å². The van der Waals surface area contributed by atoms with Gasteiger partial charge in [0.1, 0.15) is 11.0 Å². The Labute approximate surface area is 203 Å². The van der Waals surface area contributed by atoms with E-state index < -0.39 is 0 Å². The van der Waals surface area contributed by atoms with Crippen LogP contribution in [-0.4, -0.2) is 8.75 Å². The Balaban J connectivity index is 1.48. The van der Waals surface area contributed by atoms with Crippen LogP contribution in [0.5, 0.6) is 0 Å². The molecule has 0 amide bonds. The summed E-state index contributed by atoms with van der Waals surface area (Å²) in [6, 6.07) is 4.64. The van der Waals surface area contributed by atoms with Gasteiger partial charge < -0.3 is 0 Å². The minimum absolute atomic E-state index is 0.365. The number of hydrogen-bond donors (Lipinski definition) is 0. The number of nitrogens with zero attached hydrogens (tertiary/aromatic N) is 2. The SMILES string of the molecule is CCCC1(C)Cc2c1sc(-c1ccc(-c3sc4c(c3C)CC4(C)CC)c3nsnc13)c2C. The Bertz CT molecular complexity index is 1390. The molecule has 0 bridgehead atoms. The third-order valence-corrected chi connectivity index (χ3v) is 12.1. The number of benzene rings is 1. The van der Waals surface area contributed by atoms with E-state index in [9.17, 15) is 0 Å². The van der Waals surface area contributed by atoms with Gasteiger partial charge in [0.2, 0.25) is 0 Å². The second kappa shape index (κ2) is 6.97. The van der Waals surface area contributed by atoms with Gasteiger partial charge in [-0.3, -0.25) is 0 Å². The van der Waals surface area contributed by atoms with Crippen LogP contribution in [0.3, 0.4) is 0 Å². The van der Waals surface area contributed by atoms with Crippen molar-refractivity contribution >= 4 is 45.4 Å². The molecule has 0 fully saturated rings. The summed E-state index contributed by atoms with van der Waals surface area (Å²) in [6.07, 6.45) is 6.19. The maximum atomic E-state index is 4.82. The summed E-state index contributed by atoms with van der Waals surface area (Å²) in [5.41, 5.74) is 11.6. The Morgan fingerprint density at radius 3 is 1.81 bits per heavy atom. The van der Waals surface area contributed by atoms with Gasteiger partial charge in [0.05, 0.1) is 11.7 Å². The lowest BCUT2D eigenvalue weighted by Crippen LogP contribution is -2.34. The highest BCUT2D eigenvalue weighted by atomic mass is 32.1. The molecule has 2 atom stereocenters. The fraction of sp³-hybridized carbons (Fsp3) is 0.481. The normalized spacial score (nSPS) is 23.7. The summed E-state index contributed by atoms with van der Waals surface area (Å²) in [5, 5.41) is 0. The molecule has 0 N–H and O–H groups in total. The van der Waals surface area contributed by atoms with Gasteiger partial charge in [-0.05, 0) is 61.8 Å². The van der Waals surface area contributed by atoms with E-state index in [0.717, 1.165) is 11.0 Å². The molecule has 2 nitrogen and oxygen atoms in total. The Morgan fingerprint density at radius 2 is 1.31 bits per heavy atom. The lowest BCUT2D eigenvalue weighted by molar-refractivity contribution is 0.384. The van der Waals surface area contributed by atoms with E-state index in [2.05, 4.69) is 53.7 Å². The minimum Gasteiger partial charge on any atom is -0.172 e. The maximum absolute atomic E-state index is 4.82. The number of rotatable bonds is 5. The molecule has 0 radical (unpaired) electrons. The van der Waals surface area contributed by atoms with Gasteiger partial charge in [-0.25, -0.2) is 0 Å². The van der Waals surface area contributed by atoms with Gasteiger partial charge in [-0.2, -0.15) is 8.75 Å². The van der Waals surface area contributed by atoms with Gasteiger partial charge in [0.15, 0.2) is 0 Å². The summed E-state index contributed by atoms with van der Waals surface area (Å²) in [7, 11) is 0. The first-order valence-electron chi connectivity index (χ1n) is 11.8. The molecular weight excluding hydrogens is 449 g/mol. The van der Waals surface area contributed by atoms with E-state index in [1.807, 2.05) is 22.7 Å². The first-order chi connectivity index (χ1) is 15.3. The summed E-state index contributed by atoms with van der Waals surface area (Å²) >= 11 is 5.36. The third-order valence-electron chi connectivity index (χ3n) is 8.26. The van der Waals surface area contributed by atoms with E-state index in [4.69, 9.17) is 8.75 Å². The topological polar surface area (TPSA) is 25.8 Å². The van der Waals surface area contributed by atoms with E-state index in [-0.39, 0.29) is 0 Å². The van der Waals surface area contributed by atoms with E-state index in [1.54, 1.807) is 20.9 Å². The van der Waals surface area contributed by atoms with Crippen molar-refractivity contribution in [1.29, 1.82) is 0 Å². The molecule has 5 heteroatoms. The first kappa shape index (κ1) is 21.0. The molecule has 0 saturated heterocycles. The lowest BCUT2D eigenvalue weighted by atomic mass is 9.67. The predicted molar refractivity (Wildman–Crippen MR) is 141 cm³/mol. The van der Waals surface area contributed by atoms with Crippen LogP contribution in [0.1, 0.15) is 79.0 Å². The average Bonchev–Trinajstić information content (AvgIpc) is 3.43. The summed E-state index contributed by atoms with van der Waals surface area (Å²) in [5.74, 6) is 0. The molecule has 166 valence electrons. The van der Waals surface area contributed by atoms with Crippen molar-refractivity contribution in [2.75, 3.05) is 0 Å². The molecular formula is C27H30N2S3. The van der Waals surface area contributed by atoms with E-state index in [0.29, 0.717) is 10.8 Å². The van der Waals surface area contributed by atoms with Crippen LogP contribution < -0.4 is 0 Å². The number of fused-ring (bicyclic) bond motifs is 3. The average molecular weight is 479 g/mol. The molecule has 2 aliphatic rings. The monoisotopic (exact) mass is 478 g/mol. The van der Waals surface area contributed by atoms with Gasteiger partial charge in [0, 0.05) is 41.5 Å². The van der Waals surface area contributed by atoms with Crippen molar-refractivity contribution in [3.8, 4) is 20.9 Å². The van der Waals surface area contributed by atoms with Crippen molar-refractivity contribution in [1.82, 2.24) is 8.75 Å². The van der Waals surface area contributed by atoms with Gasteiger partial charge >= 0.3 is 0 Å². The van der Waals surface area contributed by atoms with Crippen molar-refractivity contribution < 1.29 is 0 Å². The molecule has 4 aromatic rings. The van der Waals surface area contributed by atoms with Crippen molar-refractivity contribution in [3.05, 3.63) is 44.1 Å². The molecule has 0 saturated carbocycles. The summed E-state index contributed by atoms with van der Waals surface area (Å²) in [6.45, 7) is 14.1. The van der Waals surface area contributed by atoms with Crippen LogP contribution in [0, 0.1) is 13.8 Å². The highest BCUT2D eigenvalue weighted by molar-refractivity contribution is 7.17. The minimum atomic E-state index is 0.365. The number of aromatic nitrogens is 2. The Kier molecular flexibility index (Phi) is 4.58. The van der Waals surface area contributed by atoms with Crippen LogP contribution in [0.2, 0.25) is 0 Å².